The summed E-state index contributed by atoms with van der Waals surface area (Å²) in [6.45, 7) is 2.68. The molecule has 82 valence electrons. The second-order valence-corrected chi connectivity index (χ2v) is 3.06. The van der Waals surface area contributed by atoms with Crippen molar-refractivity contribution in [2.75, 3.05) is 17.6 Å². The van der Waals surface area contributed by atoms with Crippen molar-refractivity contribution in [3.05, 3.63) is 5.15 Å². The fraction of sp³-hybridized carbons (Fsp3) is 0.286. The van der Waals surface area contributed by atoms with E-state index in [9.17, 15) is 0 Å². The number of nitrogens with one attached hydrogen (secondary N) is 2. The maximum Gasteiger partial charge on any atom is 0.226 e. The molecule has 2 rings (SSSR count). The lowest BCUT2D eigenvalue weighted by molar-refractivity contribution is 1.07. The van der Waals surface area contributed by atoms with Gasteiger partial charge >= 0.3 is 0 Å². The monoisotopic (exact) mass is 248 g/mol. The summed E-state index contributed by atoms with van der Waals surface area (Å²) in [6.07, 6.45) is 0. The summed E-state index contributed by atoms with van der Waals surface area (Å²) in [5.41, 5.74) is 6.24. The van der Waals surface area contributed by atoms with E-state index in [1.54, 1.807) is 0 Å². The van der Waals surface area contributed by atoms with Crippen LogP contribution in [0.25, 0.3) is 11.0 Å². The molecule has 0 radical (unpaired) electrons. The average Bonchev–Trinajstić information content (AvgIpc) is 2.48. The minimum atomic E-state index is 0. The van der Waals surface area contributed by atoms with E-state index in [0.29, 0.717) is 28.0 Å². The summed E-state index contributed by atoms with van der Waals surface area (Å²) in [7, 11) is 0. The second-order valence-electron chi connectivity index (χ2n) is 2.70. The van der Waals surface area contributed by atoms with Crippen LogP contribution in [0, 0.1) is 0 Å². The van der Waals surface area contributed by atoms with Gasteiger partial charge in [0.05, 0.1) is 0 Å². The summed E-state index contributed by atoms with van der Waals surface area (Å²) in [4.78, 5) is 8.18. The molecule has 0 amide bonds. The van der Waals surface area contributed by atoms with Gasteiger partial charge in [0, 0.05) is 6.54 Å². The summed E-state index contributed by atoms with van der Waals surface area (Å²) in [5, 5.41) is 10.3. The first-order chi connectivity index (χ1) is 6.72. The molecule has 0 saturated heterocycles. The smallest absolute Gasteiger partial charge is 0.226 e. The van der Waals surface area contributed by atoms with Crippen LogP contribution in [0.3, 0.4) is 0 Å². The average molecular weight is 249 g/mol. The third-order valence-corrected chi connectivity index (χ3v) is 2.01. The number of aromatic amines is 1. The Morgan fingerprint density at radius 3 is 2.87 bits per heavy atom. The molecule has 0 unspecified atom stereocenters. The van der Waals surface area contributed by atoms with Crippen LogP contribution < -0.4 is 11.1 Å². The molecule has 4 N–H and O–H groups in total. The number of anilines is 2. The maximum atomic E-state index is 5.78. The second kappa shape index (κ2) is 4.50. The molecule has 0 spiro atoms. The third kappa shape index (κ3) is 2.05. The van der Waals surface area contributed by atoms with Crippen molar-refractivity contribution in [2.24, 2.45) is 0 Å². The molecule has 0 saturated carbocycles. The maximum absolute atomic E-state index is 5.78. The molecule has 2 aromatic heterocycles. The van der Waals surface area contributed by atoms with Crippen LogP contribution in [0.15, 0.2) is 0 Å². The van der Waals surface area contributed by atoms with Gasteiger partial charge in [-0.2, -0.15) is 15.1 Å². The largest absolute Gasteiger partial charge is 0.383 e. The van der Waals surface area contributed by atoms with Crippen LogP contribution >= 0.6 is 24.0 Å². The topological polar surface area (TPSA) is 92.5 Å². The van der Waals surface area contributed by atoms with Gasteiger partial charge in [0.15, 0.2) is 10.8 Å². The Kier molecular flexibility index (Phi) is 3.54. The number of rotatable bonds is 2. The molecule has 0 fully saturated rings. The van der Waals surface area contributed by atoms with Crippen molar-refractivity contribution < 1.29 is 0 Å². The molecule has 2 heterocycles. The van der Waals surface area contributed by atoms with Crippen molar-refractivity contribution in [3.63, 3.8) is 0 Å². The summed E-state index contributed by atoms with van der Waals surface area (Å²) in [6, 6.07) is 0. The standard InChI is InChI=1S/C7H9ClN6.ClH/c1-2-10-7-11-5(9)3-4(8)13-14-6(3)12-7;/h2H2,1H3,(H4,9,10,11,12,13,14);1H. The van der Waals surface area contributed by atoms with E-state index in [1.807, 2.05) is 6.92 Å². The number of nitrogens with zero attached hydrogens (tertiary/aromatic N) is 3. The van der Waals surface area contributed by atoms with Crippen LogP contribution in [0.1, 0.15) is 6.92 Å². The Labute approximate surface area is 97.0 Å². The van der Waals surface area contributed by atoms with Gasteiger partial charge in [0.25, 0.3) is 0 Å². The van der Waals surface area contributed by atoms with Crippen molar-refractivity contribution >= 4 is 46.8 Å². The van der Waals surface area contributed by atoms with Gasteiger partial charge in [0.1, 0.15) is 11.2 Å². The van der Waals surface area contributed by atoms with Crippen LogP contribution in [0.2, 0.25) is 5.15 Å². The van der Waals surface area contributed by atoms with Gasteiger partial charge in [-0.3, -0.25) is 5.10 Å². The molecule has 0 aliphatic heterocycles. The molecule has 0 bridgehead atoms. The molecule has 0 aromatic carbocycles. The number of hydrogen-bond acceptors (Lipinski definition) is 5. The quantitative estimate of drug-likeness (QED) is 0.748. The predicted molar refractivity (Wildman–Crippen MR) is 62.5 cm³/mol. The molecule has 6 nitrogen and oxygen atoms in total. The van der Waals surface area contributed by atoms with Crippen molar-refractivity contribution in [2.45, 2.75) is 6.92 Å². The zero-order valence-corrected chi connectivity index (χ0v) is 9.48. The first-order valence-corrected chi connectivity index (χ1v) is 4.51. The van der Waals surface area contributed by atoms with Gasteiger partial charge in [-0.25, -0.2) is 0 Å². The van der Waals surface area contributed by atoms with Crippen LogP contribution in [-0.4, -0.2) is 26.7 Å². The zero-order valence-electron chi connectivity index (χ0n) is 7.91. The van der Waals surface area contributed by atoms with E-state index in [2.05, 4.69) is 25.5 Å². The lowest BCUT2D eigenvalue weighted by atomic mass is 10.4. The molecule has 0 atom stereocenters. The lowest BCUT2D eigenvalue weighted by Crippen LogP contribution is -2.04. The first-order valence-electron chi connectivity index (χ1n) is 4.13. The fourth-order valence-electron chi connectivity index (χ4n) is 1.16. The molecule has 8 heteroatoms. The van der Waals surface area contributed by atoms with Gasteiger partial charge < -0.3 is 11.1 Å². The minimum absolute atomic E-state index is 0. The van der Waals surface area contributed by atoms with E-state index in [1.165, 1.54) is 0 Å². The Hall–Kier alpha value is -1.27. The number of aromatic nitrogens is 4. The highest BCUT2D eigenvalue weighted by Crippen LogP contribution is 2.24. The van der Waals surface area contributed by atoms with Crippen LogP contribution in [0.5, 0.6) is 0 Å². The predicted octanol–water partition coefficient (Wildman–Crippen LogP) is 1.44. The SMILES string of the molecule is CCNc1nc(N)c2c(Cl)n[nH]c2n1.Cl. The van der Waals surface area contributed by atoms with Crippen molar-refractivity contribution in [3.8, 4) is 0 Å². The summed E-state index contributed by atoms with van der Waals surface area (Å²) in [5.74, 6) is 0.794. The number of H-pyrrole nitrogens is 1. The van der Waals surface area contributed by atoms with E-state index >= 15 is 0 Å². The number of hydrogen-bond donors (Lipinski definition) is 3. The highest BCUT2D eigenvalue weighted by molar-refractivity contribution is 6.35. The number of halogens is 2. The Morgan fingerprint density at radius 2 is 2.20 bits per heavy atom. The van der Waals surface area contributed by atoms with E-state index in [4.69, 9.17) is 17.3 Å². The zero-order chi connectivity index (χ0) is 10.1. The molecule has 0 aliphatic carbocycles. The summed E-state index contributed by atoms with van der Waals surface area (Å²) < 4.78 is 0. The highest BCUT2D eigenvalue weighted by Gasteiger charge is 2.10. The van der Waals surface area contributed by atoms with Gasteiger partial charge in [-0.1, -0.05) is 11.6 Å². The number of nitrogens with two attached hydrogens (primary N) is 1. The Bertz CT molecular complexity index is 468. The Morgan fingerprint density at radius 1 is 1.47 bits per heavy atom. The lowest BCUT2D eigenvalue weighted by Gasteiger charge is -2.02. The first kappa shape index (κ1) is 11.8. The normalized spacial score (nSPS) is 10.0. The van der Waals surface area contributed by atoms with E-state index < -0.39 is 0 Å². The molecular weight excluding hydrogens is 239 g/mol. The Balaban J connectivity index is 0.00000112. The van der Waals surface area contributed by atoms with Gasteiger partial charge in [-0.15, -0.1) is 12.4 Å². The van der Waals surface area contributed by atoms with Crippen molar-refractivity contribution in [1.29, 1.82) is 0 Å². The van der Waals surface area contributed by atoms with Crippen molar-refractivity contribution in [1.82, 2.24) is 20.2 Å². The van der Waals surface area contributed by atoms with Gasteiger partial charge in [-0.05, 0) is 6.92 Å². The molecule has 2 aromatic rings. The fourth-order valence-corrected chi connectivity index (χ4v) is 1.39. The highest BCUT2D eigenvalue weighted by atomic mass is 35.5. The van der Waals surface area contributed by atoms with Crippen LogP contribution in [0.4, 0.5) is 11.8 Å². The van der Waals surface area contributed by atoms with E-state index in [0.717, 1.165) is 6.54 Å². The summed E-state index contributed by atoms with van der Waals surface area (Å²) >= 11 is 5.78. The van der Waals surface area contributed by atoms with Gasteiger partial charge in [0.2, 0.25) is 5.95 Å². The minimum Gasteiger partial charge on any atom is -0.383 e. The number of fused-ring (bicyclic) bond motifs is 1. The molecular formula is C7H10Cl2N6. The third-order valence-electron chi connectivity index (χ3n) is 1.74. The van der Waals surface area contributed by atoms with Crippen LogP contribution in [-0.2, 0) is 0 Å². The van der Waals surface area contributed by atoms with E-state index in [-0.39, 0.29) is 12.4 Å². The molecule has 0 aliphatic rings. The number of nitrogen functional groups attached to an aromatic ring is 1. The molecule has 15 heavy (non-hydrogen) atoms.